The van der Waals surface area contributed by atoms with E-state index < -0.39 is 23.5 Å². The van der Waals surface area contributed by atoms with Gasteiger partial charge in [0.2, 0.25) is 0 Å². The molecule has 5 heteroatoms. The monoisotopic (exact) mass is 231 g/mol. The van der Waals surface area contributed by atoms with E-state index in [0.29, 0.717) is 0 Å². The SMILES string of the molecule is CC(C)COC(=O)N[C@@H](C(=O)O)C(C)(C)C. The lowest BCUT2D eigenvalue weighted by Gasteiger charge is -2.27. The van der Waals surface area contributed by atoms with Gasteiger partial charge in [-0.05, 0) is 11.3 Å². The lowest BCUT2D eigenvalue weighted by atomic mass is 9.87. The van der Waals surface area contributed by atoms with E-state index in [1.165, 1.54) is 0 Å². The van der Waals surface area contributed by atoms with Crippen LogP contribution >= 0.6 is 0 Å². The number of ether oxygens (including phenoxy) is 1. The zero-order chi connectivity index (χ0) is 12.9. The van der Waals surface area contributed by atoms with Gasteiger partial charge in [0.05, 0.1) is 6.61 Å². The van der Waals surface area contributed by atoms with Gasteiger partial charge in [-0.3, -0.25) is 0 Å². The number of hydrogen-bond acceptors (Lipinski definition) is 3. The Morgan fingerprint density at radius 1 is 1.31 bits per heavy atom. The van der Waals surface area contributed by atoms with Crippen molar-refractivity contribution in [1.29, 1.82) is 0 Å². The summed E-state index contributed by atoms with van der Waals surface area (Å²) in [7, 11) is 0. The molecule has 0 saturated carbocycles. The topological polar surface area (TPSA) is 75.6 Å². The summed E-state index contributed by atoms with van der Waals surface area (Å²) >= 11 is 0. The highest BCUT2D eigenvalue weighted by molar-refractivity contribution is 5.80. The van der Waals surface area contributed by atoms with E-state index in [2.05, 4.69) is 5.32 Å². The third-order valence-electron chi connectivity index (χ3n) is 1.92. The van der Waals surface area contributed by atoms with Crippen molar-refractivity contribution in [3.05, 3.63) is 0 Å². The van der Waals surface area contributed by atoms with E-state index in [-0.39, 0.29) is 12.5 Å². The number of nitrogens with one attached hydrogen (secondary N) is 1. The van der Waals surface area contributed by atoms with Crippen LogP contribution in [-0.4, -0.2) is 29.8 Å². The average Bonchev–Trinajstić information content (AvgIpc) is 2.08. The van der Waals surface area contributed by atoms with Crippen LogP contribution in [0.1, 0.15) is 34.6 Å². The summed E-state index contributed by atoms with van der Waals surface area (Å²) in [6.07, 6.45) is -0.684. The second kappa shape index (κ2) is 5.72. The Morgan fingerprint density at radius 2 is 1.81 bits per heavy atom. The maximum Gasteiger partial charge on any atom is 0.407 e. The van der Waals surface area contributed by atoms with Gasteiger partial charge in [0.1, 0.15) is 6.04 Å². The van der Waals surface area contributed by atoms with E-state index >= 15 is 0 Å². The van der Waals surface area contributed by atoms with Gasteiger partial charge in [-0.25, -0.2) is 9.59 Å². The Labute approximate surface area is 96.2 Å². The highest BCUT2D eigenvalue weighted by Crippen LogP contribution is 2.19. The van der Waals surface area contributed by atoms with Gasteiger partial charge in [0, 0.05) is 0 Å². The first-order valence-electron chi connectivity index (χ1n) is 5.30. The largest absolute Gasteiger partial charge is 0.480 e. The lowest BCUT2D eigenvalue weighted by molar-refractivity contribution is -0.142. The van der Waals surface area contributed by atoms with Crippen molar-refractivity contribution in [2.24, 2.45) is 11.3 Å². The molecule has 0 aromatic carbocycles. The van der Waals surface area contributed by atoms with Crippen LogP contribution in [0.25, 0.3) is 0 Å². The molecule has 0 aliphatic rings. The maximum absolute atomic E-state index is 11.3. The van der Waals surface area contributed by atoms with E-state index in [9.17, 15) is 9.59 Å². The number of carbonyl (C=O) groups is 2. The first kappa shape index (κ1) is 14.7. The summed E-state index contributed by atoms with van der Waals surface area (Å²) in [5, 5.41) is 11.3. The Bertz CT molecular complexity index is 255. The molecule has 0 heterocycles. The first-order chi connectivity index (χ1) is 7.14. The van der Waals surface area contributed by atoms with Gasteiger partial charge in [-0.15, -0.1) is 0 Å². The van der Waals surface area contributed by atoms with Crippen molar-refractivity contribution in [2.75, 3.05) is 6.61 Å². The smallest absolute Gasteiger partial charge is 0.407 e. The number of carbonyl (C=O) groups excluding carboxylic acids is 1. The zero-order valence-electron chi connectivity index (χ0n) is 10.5. The minimum absolute atomic E-state index is 0.226. The molecule has 0 fully saturated rings. The highest BCUT2D eigenvalue weighted by atomic mass is 16.5. The van der Waals surface area contributed by atoms with Crippen molar-refractivity contribution in [3.8, 4) is 0 Å². The molecule has 2 N–H and O–H groups in total. The molecule has 0 aromatic rings. The number of amides is 1. The van der Waals surface area contributed by atoms with Crippen LogP contribution < -0.4 is 5.32 Å². The predicted octanol–water partition coefficient (Wildman–Crippen LogP) is 1.87. The van der Waals surface area contributed by atoms with Crippen LogP contribution in [-0.2, 0) is 9.53 Å². The molecule has 0 radical (unpaired) electrons. The van der Waals surface area contributed by atoms with Gasteiger partial charge in [-0.1, -0.05) is 34.6 Å². The molecule has 0 rings (SSSR count). The Kier molecular flexibility index (Phi) is 5.27. The average molecular weight is 231 g/mol. The molecule has 0 aliphatic carbocycles. The van der Waals surface area contributed by atoms with Gasteiger partial charge < -0.3 is 15.2 Å². The predicted molar refractivity (Wildman–Crippen MR) is 60.2 cm³/mol. The molecule has 1 atom stereocenters. The van der Waals surface area contributed by atoms with Crippen molar-refractivity contribution in [2.45, 2.75) is 40.7 Å². The number of carboxylic acid groups (broad SMARTS) is 1. The Hall–Kier alpha value is -1.26. The second-order valence-electron chi connectivity index (χ2n) is 5.27. The second-order valence-corrected chi connectivity index (χ2v) is 5.27. The molecule has 0 saturated heterocycles. The summed E-state index contributed by atoms with van der Waals surface area (Å²) in [4.78, 5) is 22.3. The fourth-order valence-corrected chi connectivity index (χ4v) is 1.05. The molecule has 0 aromatic heterocycles. The molecule has 1 amide bonds. The molecule has 0 spiro atoms. The van der Waals surface area contributed by atoms with Gasteiger partial charge in [0.25, 0.3) is 0 Å². The quantitative estimate of drug-likeness (QED) is 0.774. The number of rotatable bonds is 4. The Morgan fingerprint density at radius 3 is 2.12 bits per heavy atom. The lowest BCUT2D eigenvalue weighted by Crippen LogP contribution is -2.49. The molecule has 0 unspecified atom stereocenters. The number of hydrogen-bond donors (Lipinski definition) is 2. The standard InChI is InChI=1S/C11H21NO4/c1-7(2)6-16-10(15)12-8(9(13)14)11(3,4)5/h7-8H,6H2,1-5H3,(H,12,15)(H,13,14)/t8-/m0/s1. The van der Waals surface area contributed by atoms with Crippen LogP contribution in [0.4, 0.5) is 4.79 Å². The van der Waals surface area contributed by atoms with Crippen LogP contribution in [0.2, 0.25) is 0 Å². The minimum atomic E-state index is -1.06. The highest BCUT2D eigenvalue weighted by Gasteiger charge is 2.33. The fraction of sp³-hybridized carbons (Fsp3) is 0.818. The molecule has 0 bridgehead atoms. The summed E-state index contributed by atoms with van der Waals surface area (Å²) in [5.41, 5.74) is -0.553. The van der Waals surface area contributed by atoms with E-state index in [1.54, 1.807) is 20.8 Å². The van der Waals surface area contributed by atoms with Crippen molar-refractivity contribution >= 4 is 12.1 Å². The minimum Gasteiger partial charge on any atom is -0.480 e. The van der Waals surface area contributed by atoms with E-state index in [4.69, 9.17) is 9.84 Å². The third kappa shape index (κ3) is 5.58. The summed E-state index contributed by atoms with van der Waals surface area (Å²) in [6.45, 7) is 9.33. The van der Waals surface area contributed by atoms with Gasteiger partial charge in [-0.2, -0.15) is 0 Å². The molecular formula is C11H21NO4. The normalized spacial score (nSPS) is 13.4. The van der Waals surface area contributed by atoms with Crippen LogP contribution in [0.15, 0.2) is 0 Å². The molecule has 16 heavy (non-hydrogen) atoms. The van der Waals surface area contributed by atoms with Gasteiger partial charge in [0.15, 0.2) is 0 Å². The molecule has 94 valence electrons. The van der Waals surface area contributed by atoms with Crippen molar-refractivity contribution < 1.29 is 19.4 Å². The third-order valence-corrected chi connectivity index (χ3v) is 1.92. The first-order valence-corrected chi connectivity index (χ1v) is 5.30. The van der Waals surface area contributed by atoms with Crippen LogP contribution in [0.3, 0.4) is 0 Å². The molecule has 5 nitrogen and oxygen atoms in total. The van der Waals surface area contributed by atoms with Gasteiger partial charge >= 0.3 is 12.1 Å². The summed E-state index contributed by atoms with van der Waals surface area (Å²) in [6, 6.07) is -0.952. The number of alkyl carbamates (subject to hydrolysis) is 1. The van der Waals surface area contributed by atoms with Crippen LogP contribution in [0.5, 0.6) is 0 Å². The summed E-state index contributed by atoms with van der Waals surface area (Å²) < 4.78 is 4.87. The molecular weight excluding hydrogens is 210 g/mol. The zero-order valence-corrected chi connectivity index (χ0v) is 10.5. The summed E-state index contributed by atoms with van der Waals surface area (Å²) in [5.74, 6) is -0.835. The van der Waals surface area contributed by atoms with Crippen LogP contribution in [0, 0.1) is 11.3 Å². The van der Waals surface area contributed by atoms with Crippen molar-refractivity contribution in [3.63, 3.8) is 0 Å². The number of aliphatic carboxylic acids is 1. The molecule has 0 aliphatic heterocycles. The van der Waals surface area contributed by atoms with E-state index in [1.807, 2.05) is 13.8 Å². The maximum atomic E-state index is 11.3. The van der Waals surface area contributed by atoms with Crippen molar-refractivity contribution in [1.82, 2.24) is 5.32 Å². The number of carboxylic acids is 1. The Balaban J connectivity index is 4.32. The van der Waals surface area contributed by atoms with E-state index in [0.717, 1.165) is 0 Å². The fourth-order valence-electron chi connectivity index (χ4n) is 1.05.